The molecule has 0 aliphatic carbocycles. The number of para-hydroxylation sites is 1. The van der Waals surface area contributed by atoms with Gasteiger partial charge in [-0.05, 0) is 30.9 Å². The summed E-state index contributed by atoms with van der Waals surface area (Å²) in [5.41, 5.74) is 0.0969. The maximum Gasteiger partial charge on any atom is 0.273 e. The number of amides is 1. The summed E-state index contributed by atoms with van der Waals surface area (Å²) in [5, 5.41) is 6.45. The van der Waals surface area contributed by atoms with Crippen LogP contribution < -0.4 is 10.1 Å². The third-order valence-corrected chi connectivity index (χ3v) is 3.96. The van der Waals surface area contributed by atoms with Gasteiger partial charge in [0.05, 0.1) is 0 Å². The molecule has 0 saturated carbocycles. The fourth-order valence-electron chi connectivity index (χ4n) is 2.53. The average molecular weight is 352 g/mol. The molecule has 6 nitrogen and oxygen atoms in total. The van der Waals surface area contributed by atoms with Crippen LogP contribution >= 0.6 is 0 Å². The second-order valence-electron chi connectivity index (χ2n) is 5.78. The number of halogens is 2. The molecule has 1 N–H and O–H groups in total. The summed E-state index contributed by atoms with van der Waals surface area (Å²) in [7, 11) is 0. The summed E-state index contributed by atoms with van der Waals surface area (Å²) in [6.07, 6.45) is 1.82. The molecule has 3 rings (SSSR count). The highest BCUT2D eigenvalue weighted by atomic mass is 19.1. The van der Waals surface area contributed by atoms with Gasteiger partial charge in [-0.25, -0.2) is 8.78 Å². The monoisotopic (exact) mass is 352 g/mol. The lowest BCUT2D eigenvalue weighted by Gasteiger charge is -2.21. The van der Waals surface area contributed by atoms with E-state index in [0.29, 0.717) is 25.7 Å². The lowest BCUT2D eigenvalue weighted by molar-refractivity contribution is 0.0641. The molecule has 1 aliphatic rings. The van der Waals surface area contributed by atoms with Gasteiger partial charge in [-0.1, -0.05) is 11.2 Å². The lowest BCUT2D eigenvalue weighted by atomic mass is 10.0. The first kappa shape index (κ1) is 17.3. The van der Waals surface area contributed by atoms with Crippen molar-refractivity contribution in [3.63, 3.8) is 0 Å². The minimum Gasteiger partial charge on any atom is -0.479 e. The highest BCUT2D eigenvalue weighted by Crippen LogP contribution is 2.22. The molecule has 1 aliphatic heterocycles. The molecule has 0 atom stereocenters. The Balaban J connectivity index is 1.52. The fourth-order valence-corrected chi connectivity index (χ4v) is 2.53. The van der Waals surface area contributed by atoms with Crippen LogP contribution in [-0.4, -0.2) is 30.8 Å². The molecule has 0 radical (unpaired) electrons. The third kappa shape index (κ3) is 4.54. The number of benzene rings is 1. The number of rotatable bonds is 6. The van der Waals surface area contributed by atoms with Crippen LogP contribution in [-0.2, 0) is 11.3 Å². The number of hydrogen-bond donors (Lipinski definition) is 1. The summed E-state index contributed by atoms with van der Waals surface area (Å²) >= 11 is 0. The molecule has 1 saturated heterocycles. The van der Waals surface area contributed by atoms with E-state index in [1.54, 1.807) is 0 Å². The van der Waals surface area contributed by atoms with Crippen LogP contribution in [0.1, 0.15) is 29.1 Å². The first-order valence-corrected chi connectivity index (χ1v) is 8.02. The van der Waals surface area contributed by atoms with E-state index < -0.39 is 17.4 Å². The quantitative estimate of drug-likeness (QED) is 0.865. The highest BCUT2D eigenvalue weighted by Gasteiger charge is 2.18. The van der Waals surface area contributed by atoms with Crippen LogP contribution in [0.25, 0.3) is 0 Å². The van der Waals surface area contributed by atoms with Crippen molar-refractivity contribution in [2.75, 3.05) is 19.8 Å². The van der Waals surface area contributed by atoms with Gasteiger partial charge in [0.2, 0.25) is 0 Å². The number of aromatic nitrogens is 1. The van der Waals surface area contributed by atoms with E-state index in [4.69, 9.17) is 14.0 Å². The van der Waals surface area contributed by atoms with Crippen molar-refractivity contribution < 1.29 is 27.6 Å². The predicted octanol–water partition coefficient (Wildman–Crippen LogP) is 2.69. The Hall–Kier alpha value is -2.48. The molecule has 1 fully saturated rings. The van der Waals surface area contributed by atoms with Crippen LogP contribution in [0.15, 0.2) is 28.8 Å². The lowest BCUT2D eigenvalue weighted by Crippen LogP contribution is -2.32. The number of nitrogens with one attached hydrogen (secondary N) is 1. The van der Waals surface area contributed by atoms with Gasteiger partial charge in [-0.3, -0.25) is 4.79 Å². The second-order valence-corrected chi connectivity index (χ2v) is 5.78. The van der Waals surface area contributed by atoms with E-state index >= 15 is 0 Å². The SMILES string of the molecule is O=C(NCC1CCOCC1)c1cc(COc2c(F)cccc2F)on1. The highest BCUT2D eigenvalue weighted by molar-refractivity contribution is 5.92. The standard InChI is InChI=1S/C17H18F2N2O4/c18-13-2-1-3-14(19)16(13)24-10-12-8-15(21-25-12)17(22)20-9-11-4-6-23-7-5-11/h1-3,8,11H,4-7,9-10H2,(H,20,22). The molecule has 0 spiro atoms. The number of carbonyl (C=O) groups is 1. The molecule has 1 aromatic carbocycles. The Labute approximate surface area is 143 Å². The van der Waals surface area contributed by atoms with Gasteiger partial charge < -0.3 is 19.3 Å². The summed E-state index contributed by atoms with van der Waals surface area (Å²) in [6.45, 7) is 1.72. The fraction of sp³-hybridized carbons (Fsp3) is 0.412. The topological polar surface area (TPSA) is 73.6 Å². The van der Waals surface area contributed by atoms with Crippen molar-refractivity contribution in [1.82, 2.24) is 10.5 Å². The maximum absolute atomic E-state index is 13.5. The zero-order chi connectivity index (χ0) is 17.6. The first-order chi connectivity index (χ1) is 12.1. The third-order valence-electron chi connectivity index (χ3n) is 3.96. The van der Waals surface area contributed by atoms with Crippen molar-refractivity contribution in [1.29, 1.82) is 0 Å². The van der Waals surface area contributed by atoms with Crippen LogP contribution in [0.4, 0.5) is 8.78 Å². The maximum atomic E-state index is 13.5. The van der Waals surface area contributed by atoms with Crippen molar-refractivity contribution in [2.24, 2.45) is 5.92 Å². The van der Waals surface area contributed by atoms with Crippen LogP contribution in [0, 0.1) is 17.6 Å². The van der Waals surface area contributed by atoms with E-state index in [1.165, 1.54) is 12.1 Å². The Morgan fingerprint density at radius 1 is 1.28 bits per heavy atom. The molecule has 0 unspecified atom stereocenters. The van der Waals surface area contributed by atoms with Crippen molar-refractivity contribution in [3.8, 4) is 5.75 Å². The molecule has 2 aromatic rings. The zero-order valence-electron chi connectivity index (χ0n) is 13.5. The Bertz CT molecular complexity index is 709. The summed E-state index contributed by atoms with van der Waals surface area (Å²) in [6, 6.07) is 4.81. The molecular weight excluding hydrogens is 334 g/mol. The summed E-state index contributed by atoms with van der Waals surface area (Å²) in [4.78, 5) is 12.1. The normalized spacial score (nSPS) is 15.1. The molecule has 0 bridgehead atoms. The molecule has 134 valence electrons. The molecule has 2 heterocycles. The number of carbonyl (C=O) groups excluding carboxylic acids is 1. The Morgan fingerprint density at radius 2 is 2.00 bits per heavy atom. The van der Waals surface area contributed by atoms with Crippen LogP contribution in [0.3, 0.4) is 0 Å². The molecule has 1 amide bonds. The predicted molar refractivity (Wildman–Crippen MR) is 83.1 cm³/mol. The zero-order valence-corrected chi connectivity index (χ0v) is 13.5. The van der Waals surface area contributed by atoms with Gasteiger partial charge in [0.1, 0.15) is 6.61 Å². The van der Waals surface area contributed by atoms with Crippen LogP contribution in [0.2, 0.25) is 0 Å². The van der Waals surface area contributed by atoms with Gasteiger partial charge >= 0.3 is 0 Å². The molecular formula is C17H18F2N2O4. The van der Waals surface area contributed by atoms with Gasteiger partial charge in [-0.15, -0.1) is 0 Å². The number of nitrogens with zero attached hydrogens (tertiary/aromatic N) is 1. The summed E-state index contributed by atoms with van der Waals surface area (Å²) in [5.74, 6) is -1.90. The van der Waals surface area contributed by atoms with Gasteiger partial charge in [-0.2, -0.15) is 0 Å². The van der Waals surface area contributed by atoms with Crippen molar-refractivity contribution >= 4 is 5.91 Å². The minimum atomic E-state index is -0.811. The van der Waals surface area contributed by atoms with Crippen LogP contribution in [0.5, 0.6) is 5.75 Å². The Kier molecular flexibility index (Phi) is 5.60. The smallest absolute Gasteiger partial charge is 0.273 e. The van der Waals surface area contributed by atoms with E-state index in [0.717, 1.165) is 25.0 Å². The van der Waals surface area contributed by atoms with E-state index in [1.807, 2.05) is 0 Å². The average Bonchev–Trinajstić information content (AvgIpc) is 3.09. The van der Waals surface area contributed by atoms with Gasteiger partial charge in [0.25, 0.3) is 5.91 Å². The molecule has 8 heteroatoms. The van der Waals surface area contributed by atoms with E-state index in [9.17, 15) is 13.6 Å². The second kappa shape index (κ2) is 8.06. The van der Waals surface area contributed by atoms with E-state index in [2.05, 4.69) is 10.5 Å². The van der Waals surface area contributed by atoms with Gasteiger partial charge in [0, 0.05) is 25.8 Å². The van der Waals surface area contributed by atoms with E-state index in [-0.39, 0.29) is 24.0 Å². The number of hydrogen-bond acceptors (Lipinski definition) is 5. The molecule has 1 aromatic heterocycles. The molecule has 25 heavy (non-hydrogen) atoms. The van der Waals surface area contributed by atoms with Gasteiger partial charge in [0.15, 0.2) is 28.8 Å². The van der Waals surface area contributed by atoms with Crippen molar-refractivity contribution in [3.05, 3.63) is 47.4 Å². The number of ether oxygens (including phenoxy) is 2. The first-order valence-electron chi connectivity index (χ1n) is 8.02. The Morgan fingerprint density at radius 3 is 2.72 bits per heavy atom. The minimum absolute atomic E-state index is 0.0969. The summed E-state index contributed by atoms with van der Waals surface area (Å²) < 4.78 is 42.3. The largest absolute Gasteiger partial charge is 0.479 e. The van der Waals surface area contributed by atoms with Crippen molar-refractivity contribution in [2.45, 2.75) is 19.4 Å².